The lowest BCUT2D eigenvalue weighted by molar-refractivity contribution is -0.142. The Morgan fingerprint density at radius 3 is 1.01 bits per heavy atom. The Kier molecular flexibility index (Phi) is 34.2. The monoisotopic (exact) mass is 1340 g/mol. The highest BCUT2D eigenvalue weighted by atomic mass is 16.4. The number of carboxylic acids is 1. The van der Waals surface area contributed by atoms with E-state index in [-0.39, 0.29) is 135 Å². The van der Waals surface area contributed by atoms with Crippen LogP contribution in [0.3, 0.4) is 0 Å². The Balaban J connectivity index is 1.69. The average molecular weight is 1340 g/mol. The maximum atomic E-state index is 15.0. The van der Waals surface area contributed by atoms with Gasteiger partial charge in [-0.3, -0.25) is 57.5 Å². The Hall–Kier alpha value is -9.89. The smallest absolute Gasteiger partial charge is 0.326 e. The standard InChI is InChI=1S/C64H94N18O14/c65-29-9-19-43(56(87)79-48(64(95)96)25-28-54(72)85)76-61(92)49(33-37-13-3-1-4-14-37)81-58(89)45(21-11-31-67)78-63(94)51(35-39-36-73-42-18-8-7-17-40(39)42)82-59(90)46(22-12-32-68)77-62(93)50(34-38-15-5-2-6-16-38)80-57(88)44(20-10-30-66)75-60(91)47(24-27-53(71)84)74-55(86)41(69)23-26-52(70)83/h1-8,13-18,36,41,43-51,73H,9-12,19-35,65-69H2,(H2,70,83)(H2,71,84)(H2,72,85)(H,74,86)(H,75,91)(H,76,92)(H,77,93)(H,78,94)(H,79,87)(H,80,88)(H,81,89)(H,82,90)(H,95,96)/t41-,43-,44-,45-,46-,47-,48-,49-,50-,51-/m0/s1. The van der Waals surface area contributed by atoms with Gasteiger partial charge in [0.05, 0.1) is 6.04 Å². The molecule has 27 N–H and O–H groups in total. The van der Waals surface area contributed by atoms with Gasteiger partial charge < -0.3 is 104 Å². The molecule has 0 unspecified atom stereocenters. The topological polar surface area (TPSA) is 574 Å². The van der Waals surface area contributed by atoms with Gasteiger partial charge in [0.1, 0.15) is 54.4 Å². The van der Waals surface area contributed by atoms with Crippen LogP contribution in [0.15, 0.2) is 91.1 Å². The summed E-state index contributed by atoms with van der Waals surface area (Å²) in [5, 5.41) is 34.2. The minimum absolute atomic E-state index is 0.0399. The largest absolute Gasteiger partial charge is 0.480 e. The van der Waals surface area contributed by atoms with E-state index in [2.05, 4.69) is 52.8 Å². The molecule has 1 heterocycles. The molecule has 4 aromatic rings. The van der Waals surface area contributed by atoms with Crippen LogP contribution in [0.5, 0.6) is 0 Å². The highest BCUT2D eigenvalue weighted by molar-refractivity contribution is 5.99. The van der Waals surface area contributed by atoms with Crippen molar-refractivity contribution < 1.29 is 67.4 Å². The van der Waals surface area contributed by atoms with E-state index in [9.17, 15) is 62.6 Å². The Labute approximate surface area is 555 Å². The van der Waals surface area contributed by atoms with Gasteiger partial charge >= 0.3 is 5.97 Å². The molecule has 3 aromatic carbocycles. The molecule has 0 aliphatic heterocycles. The van der Waals surface area contributed by atoms with Crippen LogP contribution in [0, 0.1) is 0 Å². The van der Waals surface area contributed by atoms with Crippen LogP contribution in [0.2, 0.25) is 0 Å². The lowest BCUT2D eigenvalue weighted by Crippen LogP contribution is -2.61. The minimum atomic E-state index is -1.55. The second-order valence-electron chi connectivity index (χ2n) is 23.2. The van der Waals surface area contributed by atoms with Gasteiger partial charge in [0.15, 0.2) is 0 Å². The highest BCUT2D eigenvalue weighted by Crippen LogP contribution is 2.20. The first-order valence-electron chi connectivity index (χ1n) is 31.9. The molecule has 12 amide bonds. The average Bonchev–Trinajstić information content (AvgIpc) is 1.59. The number of carboxylic acid groups (broad SMARTS) is 1. The summed E-state index contributed by atoms with van der Waals surface area (Å²) in [5.41, 5.74) is 47.7. The number of carbonyl (C=O) groups is 13. The summed E-state index contributed by atoms with van der Waals surface area (Å²) in [5.74, 6) is -11.8. The normalized spacial score (nSPS) is 14.2. The number of nitrogens with two attached hydrogens (primary N) is 8. The first-order chi connectivity index (χ1) is 45.9. The lowest BCUT2D eigenvalue weighted by atomic mass is 10.0. The van der Waals surface area contributed by atoms with Gasteiger partial charge in [-0.25, -0.2) is 4.79 Å². The van der Waals surface area contributed by atoms with E-state index in [4.69, 9.17) is 45.9 Å². The summed E-state index contributed by atoms with van der Waals surface area (Å²) in [6.07, 6.45) is -0.327. The molecule has 0 aliphatic rings. The highest BCUT2D eigenvalue weighted by Gasteiger charge is 2.36. The van der Waals surface area contributed by atoms with Crippen molar-refractivity contribution in [3.05, 3.63) is 108 Å². The summed E-state index contributed by atoms with van der Waals surface area (Å²) in [6, 6.07) is 9.77. The van der Waals surface area contributed by atoms with Gasteiger partial charge in [-0.2, -0.15) is 0 Å². The molecule has 1 aromatic heterocycles. The molecule has 0 bridgehead atoms. The second kappa shape index (κ2) is 41.7. The predicted molar refractivity (Wildman–Crippen MR) is 354 cm³/mol. The summed E-state index contributed by atoms with van der Waals surface area (Å²) in [7, 11) is 0. The van der Waals surface area contributed by atoms with E-state index < -0.39 is 137 Å². The number of H-pyrrole nitrogens is 1. The molecule has 0 saturated carbocycles. The first-order valence-corrected chi connectivity index (χ1v) is 31.9. The number of nitrogens with one attached hydrogen (secondary N) is 10. The Morgan fingerprint density at radius 2 is 0.646 bits per heavy atom. The number of fused-ring (bicyclic) bond motifs is 1. The minimum Gasteiger partial charge on any atom is -0.480 e. The van der Waals surface area contributed by atoms with Crippen LogP contribution in [0.1, 0.15) is 107 Å². The van der Waals surface area contributed by atoms with Crippen LogP contribution >= 0.6 is 0 Å². The van der Waals surface area contributed by atoms with E-state index in [1.165, 1.54) is 0 Å². The SMILES string of the molecule is NCCC[C@H](NC(=O)[C@H](Cc1ccccc1)NC(=O)[C@H](CCCN)NC(=O)[C@H](Cc1c[nH]c2ccccc12)NC(=O)[C@H](CCCN)NC(=O)[C@H](Cc1ccccc1)NC(=O)[C@H](CCCN)NC(=O)[C@H](CCC(N)=O)NC(=O)[C@@H](N)CCC(N)=O)C(=O)N[C@@H](CCC(N)=O)C(=O)O. The van der Waals surface area contributed by atoms with Crippen LogP contribution in [0.4, 0.5) is 0 Å². The summed E-state index contributed by atoms with van der Waals surface area (Å²) < 4.78 is 0. The molecule has 0 fully saturated rings. The number of aromatic amines is 1. The van der Waals surface area contributed by atoms with Crippen molar-refractivity contribution in [1.29, 1.82) is 0 Å². The van der Waals surface area contributed by atoms with Crippen LogP contribution < -0.4 is 93.7 Å². The third-order valence-corrected chi connectivity index (χ3v) is 15.5. The van der Waals surface area contributed by atoms with E-state index in [0.717, 1.165) is 0 Å². The van der Waals surface area contributed by atoms with Gasteiger partial charge in [-0.1, -0.05) is 78.9 Å². The van der Waals surface area contributed by atoms with Crippen LogP contribution in [-0.2, 0) is 81.6 Å². The van der Waals surface area contributed by atoms with E-state index in [1.807, 2.05) is 0 Å². The molecule has 10 atom stereocenters. The fourth-order valence-corrected chi connectivity index (χ4v) is 10.2. The zero-order valence-electron chi connectivity index (χ0n) is 53.7. The zero-order valence-corrected chi connectivity index (χ0v) is 53.7. The number of rotatable bonds is 46. The van der Waals surface area contributed by atoms with Gasteiger partial charge in [0.25, 0.3) is 0 Å². The number of hydrogen-bond donors (Lipinski definition) is 19. The second-order valence-corrected chi connectivity index (χ2v) is 23.2. The van der Waals surface area contributed by atoms with Gasteiger partial charge in [-0.15, -0.1) is 0 Å². The number of carbonyl (C=O) groups excluding carboxylic acids is 12. The van der Waals surface area contributed by atoms with Gasteiger partial charge in [0.2, 0.25) is 70.9 Å². The van der Waals surface area contributed by atoms with Crippen molar-refractivity contribution in [3.8, 4) is 0 Å². The fourth-order valence-electron chi connectivity index (χ4n) is 10.2. The quantitative estimate of drug-likeness (QED) is 0.0199. The lowest BCUT2D eigenvalue weighted by Gasteiger charge is -2.28. The number of hydrogen-bond acceptors (Lipinski definition) is 18. The predicted octanol–water partition coefficient (Wildman–Crippen LogP) is -4.28. The van der Waals surface area contributed by atoms with Crippen molar-refractivity contribution in [2.24, 2.45) is 45.9 Å². The molecular formula is C64H94N18O14. The molecule has 0 saturated heterocycles. The Morgan fingerprint density at radius 1 is 0.354 bits per heavy atom. The van der Waals surface area contributed by atoms with Crippen LogP contribution in [-0.4, -0.2) is 174 Å². The number of amides is 12. The maximum absolute atomic E-state index is 15.0. The molecule has 0 aliphatic carbocycles. The van der Waals surface area contributed by atoms with Crippen molar-refractivity contribution in [3.63, 3.8) is 0 Å². The Bertz CT molecular complexity index is 3250. The van der Waals surface area contributed by atoms with E-state index >= 15 is 4.79 Å². The first kappa shape index (κ1) is 78.6. The number of primary amides is 3. The molecule has 32 heteroatoms. The maximum Gasteiger partial charge on any atom is 0.326 e. The van der Waals surface area contributed by atoms with Gasteiger partial charge in [-0.05, 0) is 120 Å². The fraction of sp³-hybridized carbons (Fsp3) is 0.484. The molecule has 0 spiro atoms. The number of aromatic nitrogens is 1. The molecule has 32 nitrogen and oxygen atoms in total. The van der Waals surface area contributed by atoms with Crippen molar-refractivity contribution >= 4 is 87.8 Å². The van der Waals surface area contributed by atoms with Crippen LogP contribution in [0.25, 0.3) is 10.9 Å². The molecular weight excluding hydrogens is 1240 g/mol. The zero-order chi connectivity index (χ0) is 70.7. The number of para-hydroxylation sites is 1. The van der Waals surface area contributed by atoms with E-state index in [0.29, 0.717) is 27.6 Å². The van der Waals surface area contributed by atoms with Crippen molar-refractivity contribution in [2.75, 3.05) is 26.2 Å². The molecule has 524 valence electrons. The third kappa shape index (κ3) is 27.6. The molecule has 0 radical (unpaired) electrons. The number of aliphatic carboxylic acids is 1. The number of benzene rings is 3. The molecule has 4 rings (SSSR count). The van der Waals surface area contributed by atoms with E-state index in [1.54, 1.807) is 91.1 Å². The summed E-state index contributed by atoms with van der Waals surface area (Å²) in [6.45, 7) is 0.220. The van der Waals surface area contributed by atoms with Crippen molar-refractivity contribution in [2.45, 2.75) is 170 Å². The van der Waals surface area contributed by atoms with Gasteiger partial charge in [0, 0.05) is 55.6 Å². The molecule has 96 heavy (non-hydrogen) atoms. The summed E-state index contributed by atoms with van der Waals surface area (Å²) in [4.78, 5) is 179. The third-order valence-electron chi connectivity index (χ3n) is 15.5. The summed E-state index contributed by atoms with van der Waals surface area (Å²) >= 11 is 0. The van der Waals surface area contributed by atoms with Crippen molar-refractivity contribution in [1.82, 2.24) is 52.8 Å².